The van der Waals surface area contributed by atoms with Crippen LogP contribution in [-0.4, -0.2) is 21.9 Å². The maximum absolute atomic E-state index is 13.2. The second-order valence-electron chi connectivity index (χ2n) is 5.60. The minimum Gasteiger partial charge on any atom is -0.478 e. The number of carboxylic acid groups (broad SMARTS) is 1. The number of rotatable bonds is 6. The van der Waals surface area contributed by atoms with Crippen molar-refractivity contribution < 1.29 is 24.5 Å². The van der Waals surface area contributed by atoms with Crippen LogP contribution in [0.15, 0.2) is 78.9 Å². The Kier molecular flexibility index (Phi) is 5.31. The minimum atomic E-state index is -1.27. The molecular formula is C20H14N2O6. The maximum Gasteiger partial charge on any atom is 0.337 e. The number of nitro benzene ring substituents is 1. The Hall–Kier alpha value is -4.20. The van der Waals surface area contributed by atoms with E-state index in [1.54, 1.807) is 30.3 Å². The predicted octanol–water partition coefficient (Wildman–Crippen LogP) is 3.93. The van der Waals surface area contributed by atoms with Crippen molar-refractivity contribution in [2.45, 2.75) is 0 Å². The monoisotopic (exact) mass is 378 g/mol. The van der Waals surface area contributed by atoms with E-state index in [4.69, 9.17) is 4.84 Å². The molecule has 0 saturated heterocycles. The number of hydroxylamine groups is 1. The van der Waals surface area contributed by atoms with Crippen LogP contribution >= 0.6 is 0 Å². The topological polar surface area (TPSA) is 110 Å². The molecule has 0 radical (unpaired) electrons. The van der Waals surface area contributed by atoms with Gasteiger partial charge in [0.2, 0.25) is 0 Å². The molecule has 1 amide bonds. The number of amides is 1. The van der Waals surface area contributed by atoms with E-state index in [1.807, 2.05) is 0 Å². The molecule has 0 aliphatic rings. The molecule has 3 rings (SSSR count). The summed E-state index contributed by atoms with van der Waals surface area (Å²) in [5.41, 5.74) is -0.891. The molecule has 28 heavy (non-hydrogen) atoms. The van der Waals surface area contributed by atoms with Crippen LogP contribution in [0.2, 0.25) is 0 Å². The second-order valence-corrected chi connectivity index (χ2v) is 5.60. The van der Waals surface area contributed by atoms with Gasteiger partial charge in [0, 0.05) is 6.07 Å². The molecule has 0 heterocycles. The maximum atomic E-state index is 13.2. The summed E-state index contributed by atoms with van der Waals surface area (Å²) in [6.07, 6.45) is 0. The van der Waals surface area contributed by atoms with E-state index in [0.717, 1.165) is 5.06 Å². The average molecular weight is 378 g/mol. The Morgan fingerprint density at radius 2 is 1.43 bits per heavy atom. The fourth-order valence-electron chi connectivity index (χ4n) is 2.54. The summed E-state index contributed by atoms with van der Waals surface area (Å²) in [7, 11) is 0. The van der Waals surface area contributed by atoms with E-state index < -0.39 is 22.5 Å². The lowest BCUT2D eigenvalue weighted by Gasteiger charge is -2.23. The van der Waals surface area contributed by atoms with Crippen molar-refractivity contribution >= 4 is 23.3 Å². The van der Waals surface area contributed by atoms with Crippen LogP contribution in [0, 0.1) is 10.1 Å². The number of nitro groups is 1. The summed E-state index contributed by atoms with van der Waals surface area (Å²) < 4.78 is 0. The van der Waals surface area contributed by atoms with Gasteiger partial charge in [-0.25, -0.2) is 4.79 Å². The third-order valence-corrected chi connectivity index (χ3v) is 3.81. The standard InChI is InChI=1S/C20H14N2O6/c23-19(15-10-4-7-13-18(15)22(26)27)21(28-14-8-2-1-3-9-14)17-12-6-5-11-16(17)20(24)25/h1-13H,(H,24,25). The van der Waals surface area contributed by atoms with E-state index in [1.165, 1.54) is 48.5 Å². The molecule has 0 unspecified atom stereocenters. The molecule has 0 aliphatic heterocycles. The Balaban J connectivity index is 2.14. The molecule has 0 bridgehead atoms. The molecule has 0 fully saturated rings. The minimum absolute atomic E-state index is 0.0537. The number of carboxylic acids is 1. The Bertz CT molecular complexity index is 1040. The highest BCUT2D eigenvalue weighted by Crippen LogP contribution is 2.27. The molecule has 8 heteroatoms. The number of para-hydroxylation sites is 3. The third-order valence-electron chi connectivity index (χ3n) is 3.81. The molecular weight excluding hydrogens is 364 g/mol. The van der Waals surface area contributed by atoms with Crippen LogP contribution in [0.3, 0.4) is 0 Å². The van der Waals surface area contributed by atoms with E-state index >= 15 is 0 Å². The molecule has 0 spiro atoms. The summed E-state index contributed by atoms with van der Waals surface area (Å²) in [4.78, 5) is 41.0. The van der Waals surface area contributed by atoms with Crippen molar-refractivity contribution in [3.8, 4) is 5.75 Å². The third kappa shape index (κ3) is 3.80. The van der Waals surface area contributed by atoms with Crippen LogP contribution in [-0.2, 0) is 0 Å². The number of hydrogen-bond donors (Lipinski definition) is 1. The van der Waals surface area contributed by atoms with Gasteiger partial charge in [-0.05, 0) is 30.3 Å². The SMILES string of the molecule is O=C(O)c1ccccc1N(Oc1ccccc1)C(=O)c1ccccc1[N+](=O)[O-]. The van der Waals surface area contributed by atoms with E-state index in [9.17, 15) is 24.8 Å². The van der Waals surface area contributed by atoms with Crippen LogP contribution < -0.4 is 9.90 Å². The van der Waals surface area contributed by atoms with Gasteiger partial charge in [0.1, 0.15) is 5.56 Å². The molecule has 140 valence electrons. The van der Waals surface area contributed by atoms with Crippen LogP contribution in [0.5, 0.6) is 5.75 Å². The molecule has 3 aromatic carbocycles. The number of anilines is 1. The first-order valence-corrected chi connectivity index (χ1v) is 8.12. The van der Waals surface area contributed by atoms with Crippen molar-refractivity contribution in [3.63, 3.8) is 0 Å². The normalized spacial score (nSPS) is 10.1. The van der Waals surface area contributed by atoms with Crippen molar-refractivity contribution in [2.24, 2.45) is 0 Å². The summed E-state index contributed by atoms with van der Waals surface area (Å²) in [6, 6.07) is 19.4. The van der Waals surface area contributed by atoms with Gasteiger partial charge in [0.15, 0.2) is 5.75 Å². The summed E-state index contributed by atoms with van der Waals surface area (Å²) in [5.74, 6) is -1.88. The molecule has 0 aliphatic carbocycles. The second kappa shape index (κ2) is 8.00. The first-order valence-electron chi connectivity index (χ1n) is 8.12. The van der Waals surface area contributed by atoms with E-state index in [2.05, 4.69) is 0 Å². The summed E-state index contributed by atoms with van der Waals surface area (Å²) >= 11 is 0. The smallest absolute Gasteiger partial charge is 0.337 e. The summed E-state index contributed by atoms with van der Waals surface area (Å²) in [6.45, 7) is 0. The highest BCUT2D eigenvalue weighted by atomic mass is 16.7. The Labute approximate surface area is 159 Å². The number of aromatic carboxylic acids is 1. The van der Waals surface area contributed by atoms with Crippen LogP contribution in [0.25, 0.3) is 0 Å². The number of nitrogens with zero attached hydrogens (tertiary/aromatic N) is 2. The van der Waals surface area contributed by atoms with Crippen molar-refractivity contribution in [1.82, 2.24) is 0 Å². The molecule has 0 aromatic heterocycles. The van der Waals surface area contributed by atoms with Gasteiger partial charge in [0.25, 0.3) is 11.6 Å². The van der Waals surface area contributed by atoms with Gasteiger partial charge in [-0.2, -0.15) is 0 Å². The van der Waals surface area contributed by atoms with Gasteiger partial charge in [-0.15, -0.1) is 5.06 Å². The van der Waals surface area contributed by atoms with Crippen molar-refractivity contribution in [1.29, 1.82) is 0 Å². The lowest BCUT2D eigenvalue weighted by molar-refractivity contribution is -0.385. The zero-order valence-corrected chi connectivity index (χ0v) is 14.4. The highest BCUT2D eigenvalue weighted by molar-refractivity contribution is 6.10. The molecule has 1 N–H and O–H groups in total. The number of carbonyl (C=O) groups is 2. The highest BCUT2D eigenvalue weighted by Gasteiger charge is 2.29. The average Bonchev–Trinajstić information content (AvgIpc) is 2.72. The molecule has 8 nitrogen and oxygen atoms in total. The zero-order chi connectivity index (χ0) is 20.1. The Morgan fingerprint density at radius 1 is 0.857 bits per heavy atom. The van der Waals surface area contributed by atoms with Gasteiger partial charge in [0.05, 0.1) is 16.2 Å². The Morgan fingerprint density at radius 3 is 2.07 bits per heavy atom. The quantitative estimate of drug-likeness (QED) is 0.514. The van der Waals surface area contributed by atoms with Crippen LogP contribution in [0.4, 0.5) is 11.4 Å². The van der Waals surface area contributed by atoms with Crippen molar-refractivity contribution in [2.75, 3.05) is 5.06 Å². The van der Waals surface area contributed by atoms with Gasteiger partial charge < -0.3 is 9.94 Å². The largest absolute Gasteiger partial charge is 0.478 e. The fourth-order valence-corrected chi connectivity index (χ4v) is 2.54. The van der Waals surface area contributed by atoms with Crippen LogP contribution in [0.1, 0.15) is 20.7 Å². The zero-order valence-electron chi connectivity index (χ0n) is 14.4. The van der Waals surface area contributed by atoms with Crippen molar-refractivity contribution in [3.05, 3.63) is 100 Å². The van der Waals surface area contributed by atoms with E-state index in [0.29, 0.717) is 0 Å². The summed E-state index contributed by atoms with van der Waals surface area (Å²) in [5, 5.41) is 21.5. The van der Waals surface area contributed by atoms with E-state index in [-0.39, 0.29) is 22.6 Å². The number of benzene rings is 3. The van der Waals surface area contributed by atoms with Gasteiger partial charge >= 0.3 is 5.97 Å². The lowest BCUT2D eigenvalue weighted by Crippen LogP contribution is -2.36. The molecule has 0 saturated carbocycles. The lowest BCUT2D eigenvalue weighted by atomic mass is 10.1. The van der Waals surface area contributed by atoms with Gasteiger partial charge in [-0.3, -0.25) is 14.9 Å². The molecule has 3 aromatic rings. The predicted molar refractivity (Wildman–Crippen MR) is 100 cm³/mol. The molecule has 0 atom stereocenters. The number of carbonyl (C=O) groups excluding carboxylic acids is 1. The fraction of sp³-hybridized carbons (Fsp3) is 0. The number of hydrogen-bond acceptors (Lipinski definition) is 5. The first-order chi connectivity index (χ1) is 13.5. The first kappa shape index (κ1) is 18.6. The van der Waals surface area contributed by atoms with Gasteiger partial charge in [-0.1, -0.05) is 42.5 Å².